The molecule has 0 bridgehead atoms. The van der Waals surface area contributed by atoms with Crippen LogP contribution in [0.25, 0.3) is 0 Å². The highest BCUT2D eigenvalue weighted by Gasteiger charge is 2.28. The standard InChI is InChI=1S/C14H18N2O4/c17-10-2-4-12-3-1-9-15(12)14(18)11-5-7-13(8-6-11)16(19)20/h5-8,12,17H,1-4,9-10H2. The number of hydrogen-bond donors (Lipinski definition) is 1. The third-order valence-electron chi connectivity index (χ3n) is 3.66. The summed E-state index contributed by atoms with van der Waals surface area (Å²) in [6, 6.07) is 5.88. The molecule has 1 aromatic rings. The largest absolute Gasteiger partial charge is 0.396 e. The molecule has 0 saturated carbocycles. The van der Waals surface area contributed by atoms with Gasteiger partial charge in [-0.15, -0.1) is 0 Å². The number of benzene rings is 1. The Bertz CT molecular complexity index is 486. The molecule has 0 aliphatic carbocycles. The van der Waals surface area contributed by atoms with E-state index in [1.165, 1.54) is 24.3 Å². The molecule has 1 amide bonds. The fourth-order valence-corrected chi connectivity index (χ4v) is 2.62. The van der Waals surface area contributed by atoms with Gasteiger partial charge >= 0.3 is 0 Å². The van der Waals surface area contributed by atoms with Crippen LogP contribution in [0, 0.1) is 10.1 Å². The van der Waals surface area contributed by atoms with Crippen LogP contribution in [-0.4, -0.2) is 40.0 Å². The number of aliphatic hydroxyl groups is 1. The second-order valence-corrected chi connectivity index (χ2v) is 4.96. The van der Waals surface area contributed by atoms with E-state index in [1.54, 1.807) is 0 Å². The van der Waals surface area contributed by atoms with Gasteiger partial charge in [0, 0.05) is 36.9 Å². The Hall–Kier alpha value is -1.95. The third-order valence-corrected chi connectivity index (χ3v) is 3.66. The molecule has 0 radical (unpaired) electrons. The number of nitrogens with zero attached hydrogens (tertiary/aromatic N) is 2. The molecule has 6 nitrogen and oxygen atoms in total. The van der Waals surface area contributed by atoms with Crippen LogP contribution in [0.2, 0.25) is 0 Å². The Balaban J connectivity index is 2.07. The molecule has 1 saturated heterocycles. The van der Waals surface area contributed by atoms with Gasteiger partial charge in [-0.3, -0.25) is 14.9 Å². The summed E-state index contributed by atoms with van der Waals surface area (Å²) in [4.78, 5) is 24.3. The summed E-state index contributed by atoms with van der Waals surface area (Å²) in [6.07, 6.45) is 3.41. The maximum atomic E-state index is 12.4. The number of amides is 1. The first kappa shape index (κ1) is 14.5. The summed E-state index contributed by atoms with van der Waals surface area (Å²) in [5.74, 6) is -0.0830. The van der Waals surface area contributed by atoms with Crippen molar-refractivity contribution in [3.8, 4) is 0 Å². The van der Waals surface area contributed by atoms with Crippen molar-refractivity contribution >= 4 is 11.6 Å². The van der Waals surface area contributed by atoms with Gasteiger partial charge in [0.25, 0.3) is 11.6 Å². The van der Waals surface area contributed by atoms with E-state index in [0.29, 0.717) is 18.5 Å². The van der Waals surface area contributed by atoms with Gasteiger partial charge < -0.3 is 10.0 Å². The van der Waals surface area contributed by atoms with E-state index >= 15 is 0 Å². The summed E-state index contributed by atoms with van der Waals surface area (Å²) < 4.78 is 0. The van der Waals surface area contributed by atoms with Crippen LogP contribution in [0.15, 0.2) is 24.3 Å². The molecule has 1 N–H and O–H groups in total. The average molecular weight is 278 g/mol. The van der Waals surface area contributed by atoms with E-state index < -0.39 is 4.92 Å². The van der Waals surface area contributed by atoms with Gasteiger partial charge in [0.15, 0.2) is 0 Å². The van der Waals surface area contributed by atoms with Gasteiger partial charge in [-0.1, -0.05) is 0 Å². The number of nitro groups is 1. The third kappa shape index (κ3) is 3.14. The topological polar surface area (TPSA) is 83.7 Å². The molecule has 0 spiro atoms. The van der Waals surface area contributed by atoms with Gasteiger partial charge in [0.05, 0.1) is 4.92 Å². The number of rotatable bonds is 5. The second-order valence-electron chi connectivity index (χ2n) is 4.96. The first-order valence-electron chi connectivity index (χ1n) is 6.80. The number of likely N-dealkylation sites (tertiary alicyclic amines) is 1. The summed E-state index contributed by atoms with van der Waals surface area (Å²) in [6.45, 7) is 0.849. The van der Waals surface area contributed by atoms with Gasteiger partial charge in [0.1, 0.15) is 0 Å². The lowest BCUT2D eigenvalue weighted by Crippen LogP contribution is -2.35. The molecule has 1 aromatic carbocycles. The monoisotopic (exact) mass is 278 g/mol. The highest BCUT2D eigenvalue weighted by atomic mass is 16.6. The minimum absolute atomic E-state index is 0.0141. The van der Waals surface area contributed by atoms with E-state index in [2.05, 4.69) is 0 Å². The van der Waals surface area contributed by atoms with Crippen molar-refractivity contribution in [2.24, 2.45) is 0 Å². The van der Waals surface area contributed by atoms with Crippen LogP contribution in [-0.2, 0) is 0 Å². The van der Waals surface area contributed by atoms with Crippen LogP contribution in [0.4, 0.5) is 5.69 Å². The number of nitro benzene ring substituents is 1. The lowest BCUT2D eigenvalue weighted by atomic mass is 10.1. The number of carbonyl (C=O) groups is 1. The minimum Gasteiger partial charge on any atom is -0.396 e. The van der Waals surface area contributed by atoms with E-state index in [4.69, 9.17) is 5.11 Å². The second kappa shape index (κ2) is 6.47. The number of aliphatic hydroxyl groups excluding tert-OH is 1. The fourth-order valence-electron chi connectivity index (χ4n) is 2.62. The normalized spacial score (nSPS) is 18.2. The Morgan fingerprint density at radius 1 is 1.40 bits per heavy atom. The Morgan fingerprint density at radius 2 is 2.10 bits per heavy atom. The summed E-state index contributed by atoms with van der Waals surface area (Å²) in [5.41, 5.74) is 0.464. The molecule has 1 unspecified atom stereocenters. The maximum absolute atomic E-state index is 12.4. The molecule has 1 aliphatic rings. The molecule has 1 atom stereocenters. The molecular formula is C14H18N2O4. The van der Waals surface area contributed by atoms with Crippen molar-refractivity contribution in [1.82, 2.24) is 4.90 Å². The van der Waals surface area contributed by atoms with E-state index in [1.807, 2.05) is 4.90 Å². The van der Waals surface area contributed by atoms with Gasteiger partial charge in [-0.05, 0) is 37.8 Å². The number of hydrogen-bond acceptors (Lipinski definition) is 4. The quantitative estimate of drug-likeness (QED) is 0.659. The van der Waals surface area contributed by atoms with Crippen LogP contribution in [0.5, 0.6) is 0 Å². The minimum atomic E-state index is -0.478. The summed E-state index contributed by atoms with van der Waals surface area (Å²) in [7, 11) is 0. The zero-order valence-electron chi connectivity index (χ0n) is 11.2. The lowest BCUT2D eigenvalue weighted by Gasteiger charge is -2.24. The van der Waals surface area contributed by atoms with Gasteiger partial charge in [-0.25, -0.2) is 0 Å². The average Bonchev–Trinajstić information content (AvgIpc) is 2.92. The SMILES string of the molecule is O=C(c1ccc([N+](=O)[O-])cc1)N1CCCC1CCCO. The van der Waals surface area contributed by atoms with Crippen molar-refractivity contribution in [2.75, 3.05) is 13.2 Å². The molecule has 1 aliphatic heterocycles. The van der Waals surface area contributed by atoms with Gasteiger partial charge in [0.2, 0.25) is 0 Å². The maximum Gasteiger partial charge on any atom is 0.269 e. The molecule has 108 valence electrons. The van der Waals surface area contributed by atoms with Gasteiger partial charge in [-0.2, -0.15) is 0 Å². The Morgan fingerprint density at radius 3 is 2.70 bits per heavy atom. The van der Waals surface area contributed by atoms with E-state index in [9.17, 15) is 14.9 Å². The van der Waals surface area contributed by atoms with Crippen molar-refractivity contribution in [3.05, 3.63) is 39.9 Å². The Labute approximate surface area is 117 Å². The summed E-state index contributed by atoms with van der Waals surface area (Å²) in [5, 5.41) is 19.5. The van der Waals surface area contributed by atoms with Crippen molar-refractivity contribution in [2.45, 2.75) is 31.7 Å². The molecule has 0 aromatic heterocycles. The molecule has 1 fully saturated rings. The van der Waals surface area contributed by atoms with Crippen LogP contribution in [0.1, 0.15) is 36.0 Å². The highest BCUT2D eigenvalue weighted by Crippen LogP contribution is 2.24. The summed E-state index contributed by atoms with van der Waals surface area (Å²) >= 11 is 0. The van der Waals surface area contributed by atoms with Crippen molar-refractivity contribution in [3.63, 3.8) is 0 Å². The van der Waals surface area contributed by atoms with E-state index in [-0.39, 0.29) is 24.2 Å². The van der Waals surface area contributed by atoms with Crippen LogP contribution >= 0.6 is 0 Å². The molecule has 2 rings (SSSR count). The first-order valence-corrected chi connectivity index (χ1v) is 6.80. The lowest BCUT2D eigenvalue weighted by molar-refractivity contribution is -0.384. The van der Waals surface area contributed by atoms with Crippen molar-refractivity contribution in [1.29, 1.82) is 0 Å². The fraction of sp³-hybridized carbons (Fsp3) is 0.500. The highest BCUT2D eigenvalue weighted by molar-refractivity contribution is 5.94. The molecule has 6 heteroatoms. The zero-order chi connectivity index (χ0) is 14.5. The first-order chi connectivity index (χ1) is 9.63. The predicted octanol–water partition coefficient (Wildman–Crippen LogP) is 1.97. The van der Waals surface area contributed by atoms with Crippen molar-refractivity contribution < 1.29 is 14.8 Å². The number of carbonyl (C=O) groups excluding carboxylic acids is 1. The molecule has 20 heavy (non-hydrogen) atoms. The smallest absolute Gasteiger partial charge is 0.269 e. The molecular weight excluding hydrogens is 260 g/mol. The predicted molar refractivity (Wildman–Crippen MR) is 73.5 cm³/mol. The Kier molecular flexibility index (Phi) is 4.68. The van der Waals surface area contributed by atoms with Crippen LogP contribution < -0.4 is 0 Å². The molecule has 1 heterocycles. The zero-order valence-corrected chi connectivity index (χ0v) is 11.2. The number of non-ortho nitro benzene ring substituents is 1. The van der Waals surface area contributed by atoms with E-state index in [0.717, 1.165) is 19.3 Å². The van der Waals surface area contributed by atoms with Crippen LogP contribution in [0.3, 0.4) is 0 Å².